The highest BCUT2D eigenvalue weighted by Crippen LogP contribution is 2.12. The minimum absolute atomic E-state index is 0.108. The maximum Gasteiger partial charge on any atom is 0.326 e. The fourth-order valence-electron chi connectivity index (χ4n) is 2.01. The van der Waals surface area contributed by atoms with Crippen LogP contribution in [0.15, 0.2) is 24.3 Å². The molecule has 5 N–H and O–H groups in total. The van der Waals surface area contributed by atoms with Gasteiger partial charge in [0, 0.05) is 24.2 Å². The van der Waals surface area contributed by atoms with E-state index in [-0.39, 0.29) is 30.1 Å². The number of unbranched alkanes of at least 4 members (excludes halogenated alkanes) is 1. The molecule has 0 aliphatic carbocycles. The normalized spacial score (nSPS) is 11.4. The summed E-state index contributed by atoms with van der Waals surface area (Å²) in [6.45, 7) is 0.266. The van der Waals surface area contributed by atoms with E-state index in [0.717, 1.165) is 0 Å². The van der Waals surface area contributed by atoms with Crippen molar-refractivity contribution in [3.05, 3.63) is 39.9 Å². The molecule has 0 heterocycles. The number of non-ortho nitro benzene ring substituents is 1. The number of carbonyl (C=O) groups excluding carboxylic acids is 2. The average molecular weight is 352 g/mol. The van der Waals surface area contributed by atoms with Crippen LogP contribution in [-0.4, -0.2) is 46.9 Å². The zero-order valence-electron chi connectivity index (χ0n) is 13.4. The van der Waals surface area contributed by atoms with Crippen LogP contribution in [0.5, 0.6) is 0 Å². The molecule has 25 heavy (non-hydrogen) atoms. The van der Waals surface area contributed by atoms with Crippen molar-refractivity contribution in [3.8, 4) is 0 Å². The Morgan fingerprint density at radius 3 is 2.36 bits per heavy atom. The second-order valence-corrected chi connectivity index (χ2v) is 5.22. The number of carboxylic acid groups (broad SMARTS) is 1. The van der Waals surface area contributed by atoms with Gasteiger partial charge in [-0.2, -0.15) is 0 Å². The van der Waals surface area contributed by atoms with Gasteiger partial charge < -0.3 is 21.5 Å². The van der Waals surface area contributed by atoms with Crippen molar-refractivity contribution in [2.75, 3.05) is 13.1 Å². The summed E-state index contributed by atoms with van der Waals surface area (Å²) in [5.41, 5.74) is 5.11. The first-order chi connectivity index (χ1) is 11.8. The lowest BCUT2D eigenvalue weighted by molar-refractivity contribution is -0.384. The molecule has 0 saturated carbocycles. The Morgan fingerprint density at radius 1 is 1.20 bits per heavy atom. The summed E-state index contributed by atoms with van der Waals surface area (Å²) in [5.74, 6) is -2.10. The predicted molar refractivity (Wildman–Crippen MR) is 87.9 cm³/mol. The number of nitro benzene ring substituents is 1. The zero-order chi connectivity index (χ0) is 18.8. The topological polar surface area (TPSA) is 165 Å². The molecule has 10 nitrogen and oxygen atoms in total. The van der Waals surface area contributed by atoms with Gasteiger partial charge >= 0.3 is 5.97 Å². The van der Waals surface area contributed by atoms with E-state index in [1.54, 1.807) is 0 Å². The molecule has 0 spiro atoms. The van der Waals surface area contributed by atoms with Gasteiger partial charge in [0.15, 0.2) is 0 Å². The summed E-state index contributed by atoms with van der Waals surface area (Å²) in [4.78, 5) is 44.2. The minimum atomic E-state index is -1.18. The third-order valence-electron chi connectivity index (χ3n) is 3.37. The van der Waals surface area contributed by atoms with Crippen LogP contribution in [-0.2, 0) is 9.59 Å². The molecule has 10 heteroatoms. The Hall–Kier alpha value is -3.01. The first-order valence-corrected chi connectivity index (χ1v) is 7.60. The lowest BCUT2D eigenvalue weighted by Gasteiger charge is -2.14. The first kappa shape index (κ1) is 20.0. The Bertz CT molecular complexity index is 631. The molecular weight excluding hydrogens is 332 g/mol. The molecule has 136 valence electrons. The lowest BCUT2D eigenvalue weighted by atomic mass is 10.1. The summed E-state index contributed by atoms with van der Waals surface area (Å²) in [5, 5.41) is 24.7. The quantitative estimate of drug-likeness (QED) is 0.262. The number of hydrogen-bond acceptors (Lipinski definition) is 6. The van der Waals surface area contributed by atoms with E-state index in [9.17, 15) is 29.6 Å². The average Bonchev–Trinajstić information content (AvgIpc) is 2.59. The SMILES string of the molecule is NCC(=O)NCCCC[C@H](NC(=O)c1ccc([N+](=O)[O-])cc1)C(=O)O. The summed E-state index contributed by atoms with van der Waals surface area (Å²) in [6, 6.07) is 3.77. The highest BCUT2D eigenvalue weighted by molar-refractivity contribution is 5.96. The number of benzene rings is 1. The third kappa shape index (κ3) is 6.96. The van der Waals surface area contributed by atoms with Gasteiger partial charge in [-0.25, -0.2) is 4.79 Å². The van der Waals surface area contributed by atoms with Crippen LogP contribution in [0, 0.1) is 10.1 Å². The van der Waals surface area contributed by atoms with Gasteiger partial charge in [-0.15, -0.1) is 0 Å². The van der Waals surface area contributed by atoms with Crippen LogP contribution >= 0.6 is 0 Å². The van der Waals surface area contributed by atoms with Crippen molar-refractivity contribution in [3.63, 3.8) is 0 Å². The lowest BCUT2D eigenvalue weighted by Crippen LogP contribution is -2.40. The van der Waals surface area contributed by atoms with Crippen LogP contribution in [0.1, 0.15) is 29.6 Å². The van der Waals surface area contributed by atoms with Gasteiger partial charge in [0.1, 0.15) is 6.04 Å². The molecule has 0 aliphatic rings. The number of hydrogen-bond donors (Lipinski definition) is 4. The van der Waals surface area contributed by atoms with E-state index in [4.69, 9.17) is 5.73 Å². The van der Waals surface area contributed by atoms with Crippen molar-refractivity contribution < 1.29 is 24.4 Å². The number of nitro groups is 1. The zero-order valence-corrected chi connectivity index (χ0v) is 13.4. The second kappa shape index (κ2) is 9.98. The highest BCUT2D eigenvalue weighted by Gasteiger charge is 2.20. The molecule has 0 unspecified atom stereocenters. The van der Waals surface area contributed by atoms with Crippen molar-refractivity contribution in [2.24, 2.45) is 5.73 Å². The van der Waals surface area contributed by atoms with Gasteiger partial charge in [0.05, 0.1) is 11.5 Å². The standard InChI is InChI=1S/C15H20N4O6/c16-9-13(20)17-8-2-1-3-12(15(22)23)18-14(21)10-4-6-11(7-5-10)19(24)25/h4-7,12H,1-3,8-9,16H2,(H,17,20)(H,18,21)(H,22,23)/t12-/m0/s1. The van der Waals surface area contributed by atoms with Gasteiger partial charge in [0.2, 0.25) is 5.91 Å². The maximum atomic E-state index is 12.0. The number of rotatable bonds is 10. The number of nitrogens with zero attached hydrogens (tertiary/aromatic N) is 1. The van der Waals surface area contributed by atoms with Crippen molar-refractivity contribution >= 4 is 23.5 Å². The Labute approximate surface area is 143 Å². The van der Waals surface area contributed by atoms with E-state index >= 15 is 0 Å². The Kier molecular flexibility index (Phi) is 8.00. The Balaban J connectivity index is 2.50. The van der Waals surface area contributed by atoms with Crippen LogP contribution in [0.25, 0.3) is 0 Å². The van der Waals surface area contributed by atoms with Crippen LogP contribution in [0.2, 0.25) is 0 Å². The van der Waals surface area contributed by atoms with Crippen LogP contribution < -0.4 is 16.4 Å². The number of aliphatic carboxylic acids is 1. The number of nitrogens with two attached hydrogens (primary N) is 1. The largest absolute Gasteiger partial charge is 0.480 e. The van der Waals surface area contributed by atoms with Crippen molar-refractivity contribution in [1.82, 2.24) is 10.6 Å². The molecule has 0 radical (unpaired) electrons. The number of carboxylic acids is 1. The first-order valence-electron chi connectivity index (χ1n) is 7.60. The number of carbonyl (C=O) groups is 3. The second-order valence-electron chi connectivity index (χ2n) is 5.22. The molecule has 0 saturated heterocycles. The van der Waals surface area contributed by atoms with Gasteiger partial charge in [0.25, 0.3) is 11.6 Å². The molecular formula is C15H20N4O6. The van der Waals surface area contributed by atoms with Gasteiger partial charge in [-0.05, 0) is 31.4 Å². The van der Waals surface area contributed by atoms with E-state index in [1.807, 2.05) is 0 Å². The van der Waals surface area contributed by atoms with E-state index < -0.39 is 22.8 Å². The molecule has 0 aliphatic heterocycles. The highest BCUT2D eigenvalue weighted by atomic mass is 16.6. The molecule has 0 bridgehead atoms. The third-order valence-corrected chi connectivity index (χ3v) is 3.37. The van der Waals surface area contributed by atoms with E-state index in [1.165, 1.54) is 24.3 Å². The maximum absolute atomic E-state index is 12.0. The molecule has 2 amide bonds. The molecule has 0 aromatic heterocycles. The fraction of sp³-hybridized carbons (Fsp3) is 0.400. The summed E-state index contributed by atoms with van der Waals surface area (Å²) in [6.07, 6.45) is 1.21. The molecule has 0 fully saturated rings. The monoisotopic (exact) mass is 352 g/mol. The Morgan fingerprint density at radius 2 is 1.84 bits per heavy atom. The molecule has 1 atom stereocenters. The smallest absolute Gasteiger partial charge is 0.326 e. The van der Waals surface area contributed by atoms with Crippen LogP contribution in [0.3, 0.4) is 0 Å². The van der Waals surface area contributed by atoms with Gasteiger partial charge in [-0.3, -0.25) is 19.7 Å². The predicted octanol–water partition coefficient (Wildman–Crippen LogP) is 0.0230. The van der Waals surface area contributed by atoms with Crippen molar-refractivity contribution in [2.45, 2.75) is 25.3 Å². The van der Waals surface area contributed by atoms with Crippen LogP contribution in [0.4, 0.5) is 5.69 Å². The number of nitrogens with one attached hydrogen (secondary N) is 2. The van der Waals surface area contributed by atoms with Crippen molar-refractivity contribution in [1.29, 1.82) is 0 Å². The summed E-state index contributed by atoms with van der Waals surface area (Å²) >= 11 is 0. The summed E-state index contributed by atoms with van der Waals surface area (Å²) in [7, 11) is 0. The van der Waals surface area contributed by atoms with E-state index in [2.05, 4.69) is 10.6 Å². The molecule has 1 aromatic rings. The minimum Gasteiger partial charge on any atom is -0.480 e. The fourth-order valence-corrected chi connectivity index (χ4v) is 2.01. The molecule has 1 rings (SSSR count). The summed E-state index contributed by atoms with van der Waals surface area (Å²) < 4.78 is 0. The number of amides is 2. The van der Waals surface area contributed by atoms with Gasteiger partial charge in [-0.1, -0.05) is 0 Å². The van der Waals surface area contributed by atoms with E-state index in [0.29, 0.717) is 19.4 Å². The molecule has 1 aromatic carbocycles.